The Morgan fingerprint density at radius 1 is 0.595 bits per heavy atom. The summed E-state index contributed by atoms with van der Waals surface area (Å²) in [6.45, 7) is 23.2. The van der Waals surface area contributed by atoms with E-state index in [9.17, 15) is 86.6 Å². The van der Waals surface area contributed by atoms with E-state index in [1.165, 1.54) is 56.2 Å². The molecule has 0 bridgehead atoms. The molecule has 2 aliphatic rings. The van der Waals surface area contributed by atoms with Gasteiger partial charge in [0.05, 0.1) is 43.6 Å². The maximum Gasteiger partial charge on any atom is 0.333 e. The van der Waals surface area contributed by atoms with Crippen molar-refractivity contribution in [1.82, 2.24) is 67.1 Å². The third-order valence-corrected chi connectivity index (χ3v) is 20.6. The number of nitrogens with zero attached hydrogens (tertiary/aromatic N) is 5. The zero-order valence-electron chi connectivity index (χ0n) is 69.5. The standard InChI is InChI=1S/C79H118N14O22S/c1-18-47(8)69(89-78(111)79(13,14)90(15)16)75(107)91(17)56(44(2)3)42-58(114-51(12)94)74-86-55(43-116-74)71(104)84-53(39-48(9)76(108)109)40-52-23-24-57(115-77(110)50(11)83-73(106)68(46(6)7)88-62(98)30-36-113-38-32-81-60(96)22-20-34-93-65(101)27-28-66(93)102)54(41-52)85-70(103)49(10)82-72(105)67(45(4)5)87-61(97)29-35-112-37-31-80-59(95)21-19-33-92-63(99)25-26-64(92)100/h23-28,41,43-50,53,56,58,67-69H,18-22,29-40,42H2,1-17H3,(H,80,95)(H,81,96)(H,82,105)(H,83,106)(H,84,104)(H,85,103)(H,87,97)(H,88,98)(H,89,111)(H,108,109)/t47-,48?,49?,50?,53+,56+,58+,67?,68?,69-/m0/s1. The number of ether oxygens (including phenoxy) is 4. The van der Waals surface area contributed by atoms with Crippen LogP contribution in [-0.2, 0) is 97.3 Å². The molecular formula is C79H118N14O22S. The maximum atomic E-state index is 14.5. The second-order valence-corrected chi connectivity index (χ2v) is 31.4. The first kappa shape index (κ1) is 98.0. The molecule has 2 aliphatic heterocycles. The number of thiazole rings is 1. The molecule has 10 atom stereocenters. The summed E-state index contributed by atoms with van der Waals surface area (Å²) < 4.78 is 22.8. The molecule has 0 saturated carbocycles. The Kier molecular flexibility index (Phi) is 40.2. The van der Waals surface area contributed by atoms with Crippen molar-refractivity contribution in [3.8, 4) is 5.75 Å². The van der Waals surface area contributed by atoms with Gasteiger partial charge in [-0.25, -0.2) is 9.78 Å². The number of carbonyl (C=O) groups excluding carboxylic acids is 16. The lowest BCUT2D eigenvalue weighted by molar-refractivity contribution is -0.149. The molecule has 2 aromatic rings. The van der Waals surface area contributed by atoms with Crippen molar-refractivity contribution < 1.29 is 106 Å². The van der Waals surface area contributed by atoms with Crippen molar-refractivity contribution in [3.63, 3.8) is 0 Å². The molecule has 3 heterocycles. The van der Waals surface area contributed by atoms with Crippen LogP contribution in [0.1, 0.15) is 182 Å². The van der Waals surface area contributed by atoms with E-state index in [-0.39, 0.29) is 168 Å². The predicted molar refractivity (Wildman–Crippen MR) is 425 cm³/mol. The molecule has 37 heteroatoms. The first-order valence-corrected chi connectivity index (χ1v) is 39.9. The van der Waals surface area contributed by atoms with Gasteiger partial charge in [-0.15, -0.1) is 11.3 Å². The van der Waals surface area contributed by atoms with E-state index in [2.05, 4.69) is 52.8 Å². The number of benzene rings is 1. The quantitative estimate of drug-likeness (QED) is 0.0197. The lowest BCUT2D eigenvalue weighted by Crippen LogP contribution is -2.60. The fourth-order valence-corrected chi connectivity index (χ4v) is 12.7. The second kappa shape index (κ2) is 47.6. The van der Waals surface area contributed by atoms with Gasteiger partial charge in [0.2, 0.25) is 53.2 Å². The molecule has 10 N–H and O–H groups in total. The van der Waals surface area contributed by atoms with Crippen LogP contribution in [0, 0.1) is 29.6 Å². The van der Waals surface area contributed by atoms with Crippen molar-refractivity contribution in [3.05, 3.63) is 64.1 Å². The van der Waals surface area contributed by atoms with Gasteiger partial charge in [0.25, 0.3) is 29.5 Å². The first-order valence-electron chi connectivity index (χ1n) is 39.0. The summed E-state index contributed by atoms with van der Waals surface area (Å²) in [6.07, 6.45) is 4.03. The molecular weight excluding hydrogens is 1530 g/mol. The Balaban J connectivity index is 1.55. The molecule has 1 aromatic carbocycles. The minimum Gasteiger partial charge on any atom is -0.481 e. The Morgan fingerprint density at radius 3 is 1.55 bits per heavy atom. The average molecular weight is 1650 g/mol. The lowest BCUT2D eigenvalue weighted by atomic mass is 9.92. The van der Waals surface area contributed by atoms with Gasteiger partial charge < -0.3 is 76.8 Å². The summed E-state index contributed by atoms with van der Waals surface area (Å²) in [5.74, 6) is -13.4. The summed E-state index contributed by atoms with van der Waals surface area (Å²) in [5.41, 5.74) is -0.949. The number of esters is 2. The SMILES string of the molecule is CC[C@H](C)[C@H](NC(=O)C(C)(C)N(C)C)C(=O)N(C)[C@H](C[C@@H](OC(C)=O)c1nc(C(=O)N[C@@H](Cc2ccc(OC(=O)C(C)NC(=O)C(NC(=O)CCOCCNC(=O)CCCN3C(=O)C=CC3=O)C(C)C)c(NC(=O)C(C)NC(=O)C(NC(=O)CCOCCNC(=O)CCCN3C(=O)C=CC3=O)C(C)C)c2)CC(C)C(=O)O)cs1)C(C)C. The van der Waals surface area contributed by atoms with E-state index < -0.39 is 149 Å². The number of rotatable bonds is 51. The number of nitrogens with one attached hydrogen (secondary N) is 9. The van der Waals surface area contributed by atoms with Gasteiger partial charge in [0.15, 0.2) is 11.9 Å². The number of carboxylic acid groups (broad SMARTS) is 1. The van der Waals surface area contributed by atoms with Crippen LogP contribution in [0.25, 0.3) is 0 Å². The van der Waals surface area contributed by atoms with Crippen LogP contribution >= 0.6 is 11.3 Å². The third kappa shape index (κ3) is 31.7. The van der Waals surface area contributed by atoms with E-state index in [4.69, 9.17) is 18.9 Å². The van der Waals surface area contributed by atoms with Crippen LogP contribution in [0.3, 0.4) is 0 Å². The Labute approximate surface area is 680 Å². The van der Waals surface area contributed by atoms with Gasteiger partial charge in [0, 0.05) is 114 Å². The van der Waals surface area contributed by atoms with E-state index >= 15 is 0 Å². The number of aromatic nitrogens is 1. The van der Waals surface area contributed by atoms with E-state index in [0.717, 1.165) is 45.4 Å². The fraction of sp³-hybridized carbons (Fsp3) is 0.620. The normalized spacial score (nSPS) is 15.4. The molecule has 1 aromatic heterocycles. The Morgan fingerprint density at radius 2 is 1.09 bits per heavy atom. The molecule has 14 amide bonds. The summed E-state index contributed by atoms with van der Waals surface area (Å²) in [6, 6.07) is -3.50. The van der Waals surface area contributed by atoms with E-state index in [1.54, 1.807) is 67.6 Å². The highest BCUT2D eigenvalue weighted by Crippen LogP contribution is 2.33. The van der Waals surface area contributed by atoms with Crippen molar-refractivity contribution in [1.29, 1.82) is 0 Å². The molecule has 0 radical (unpaired) electrons. The first-order chi connectivity index (χ1) is 54.5. The van der Waals surface area contributed by atoms with Crippen molar-refractivity contribution >= 4 is 118 Å². The monoisotopic (exact) mass is 1650 g/mol. The van der Waals surface area contributed by atoms with Crippen molar-refractivity contribution in [2.75, 3.05) is 79.1 Å². The number of carbonyl (C=O) groups is 17. The van der Waals surface area contributed by atoms with Crippen LogP contribution in [-0.4, -0.2) is 252 Å². The molecule has 116 heavy (non-hydrogen) atoms. The van der Waals surface area contributed by atoms with Gasteiger partial charge >= 0.3 is 17.9 Å². The van der Waals surface area contributed by atoms with Gasteiger partial charge in [-0.05, 0) is 109 Å². The van der Waals surface area contributed by atoms with Crippen molar-refractivity contribution in [2.24, 2.45) is 29.6 Å². The zero-order chi connectivity index (χ0) is 87.0. The Bertz CT molecular complexity index is 3860. The number of amides is 14. The number of hydrogen-bond acceptors (Lipinski definition) is 24. The number of anilines is 1. The van der Waals surface area contributed by atoms with Gasteiger partial charge in [0.1, 0.15) is 40.9 Å². The van der Waals surface area contributed by atoms with Gasteiger partial charge in [-0.2, -0.15) is 0 Å². The summed E-state index contributed by atoms with van der Waals surface area (Å²) in [4.78, 5) is 232. The maximum absolute atomic E-state index is 14.5. The fourth-order valence-electron chi connectivity index (χ4n) is 11.8. The number of aliphatic carboxylic acids is 1. The largest absolute Gasteiger partial charge is 0.481 e. The van der Waals surface area contributed by atoms with Crippen LogP contribution in [0.5, 0.6) is 5.75 Å². The van der Waals surface area contributed by atoms with Crippen LogP contribution in [0.15, 0.2) is 47.9 Å². The van der Waals surface area contributed by atoms with Gasteiger partial charge in [-0.3, -0.25) is 91.4 Å². The number of imide groups is 2. The van der Waals surface area contributed by atoms with Crippen LogP contribution < -0.4 is 52.6 Å². The topological polar surface area (TPSA) is 481 Å². The summed E-state index contributed by atoms with van der Waals surface area (Å²) in [7, 11) is 5.13. The summed E-state index contributed by atoms with van der Waals surface area (Å²) in [5, 5.41) is 36.1. The molecule has 0 saturated heterocycles. The average Bonchev–Trinajstić information content (AvgIpc) is 0.886. The second-order valence-electron chi connectivity index (χ2n) is 30.5. The third-order valence-electron chi connectivity index (χ3n) is 19.7. The number of carboxylic acids is 1. The number of likely N-dealkylation sites (N-methyl/N-ethyl adjacent to an activating group) is 2. The predicted octanol–water partition coefficient (Wildman–Crippen LogP) is 2.53. The van der Waals surface area contributed by atoms with Gasteiger partial charge in [-0.1, -0.05) is 74.8 Å². The van der Waals surface area contributed by atoms with Crippen LogP contribution in [0.4, 0.5) is 5.69 Å². The molecule has 642 valence electrons. The smallest absolute Gasteiger partial charge is 0.333 e. The minimum absolute atomic E-state index is 0.0311. The minimum atomic E-state index is -1.42. The lowest BCUT2D eigenvalue weighted by Gasteiger charge is -2.38. The van der Waals surface area contributed by atoms with Crippen LogP contribution in [0.2, 0.25) is 0 Å². The molecule has 0 spiro atoms. The zero-order valence-corrected chi connectivity index (χ0v) is 70.3. The molecule has 5 unspecified atom stereocenters. The molecule has 36 nitrogen and oxygen atoms in total. The highest BCUT2D eigenvalue weighted by Gasteiger charge is 2.40. The van der Waals surface area contributed by atoms with Crippen molar-refractivity contribution in [2.45, 2.75) is 215 Å². The highest BCUT2D eigenvalue weighted by atomic mass is 32.1. The molecule has 0 fully saturated rings. The molecule has 0 aliphatic carbocycles. The highest BCUT2D eigenvalue weighted by molar-refractivity contribution is 7.09. The van der Waals surface area contributed by atoms with E-state index in [1.807, 2.05) is 27.7 Å². The van der Waals surface area contributed by atoms with E-state index in [0.29, 0.717) is 12.0 Å². The number of hydrogen-bond donors (Lipinski definition) is 10. The Hall–Kier alpha value is -10.4. The molecule has 4 rings (SSSR count). The summed E-state index contributed by atoms with van der Waals surface area (Å²) >= 11 is 1.01.